The number of carboxylic acid groups (broad SMARTS) is 2. The Balaban J connectivity index is 0.000000301. The molecule has 0 atom stereocenters. The van der Waals surface area contributed by atoms with Crippen LogP contribution in [0.2, 0.25) is 0 Å². The van der Waals surface area contributed by atoms with E-state index in [9.17, 15) is 9.59 Å². The summed E-state index contributed by atoms with van der Waals surface area (Å²) in [6.45, 7) is 4.17. The van der Waals surface area contributed by atoms with Gasteiger partial charge in [-0.2, -0.15) is 0 Å². The van der Waals surface area contributed by atoms with E-state index in [0.29, 0.717) is 12.2 Å². The Labute approximate surface area is 130 Å². The van der Waals surface area contributed by atoms with Gasteiger partial charge in [0.25, 0.3) is 0 Å². The highest BCUT2D eigenvalue weighted by Crippen LogP contribution is 1.92. The molecular formula is C18H20O4. The second-order valence-electron chi connectivity index (χ2n) is 4.32. The number of aliphatic carboxylic acids is 2. The zero-order chi connectivity index (χ0) is 16.8. The highest BCUT2D eigenvalue weighted by Gasteiger charge is 1.88. The lowest BCUT2D eigenvalue weighted by atomic mass is 10.2. The molecule has 4 nitrogen and oxygen atoms in total. The summed E-state index contributed by atoms with van der Waals surface area (Å²) in [7, 11) is 0. The molecule has 0 saturated heterocycles. The third-order valence-corrected chi connectivity index (χ3v) is 2.25. The topological polar surface area (TPSA) is 74.6 Å². The predicted octanol–water partition coefficient (Wildman–Crippen LogP) is 3.70. The van der Waals surface area contributed by atoms with Crippen molar-refractivity contribution in [1.29, 1.82) is 0 Å². The van der Waals surface area contributed by atoms with Crippen LogP contribution >= 0.6 is 0 Å². The molecule has 0 spiro atoms. The summed E-state index contributed by atoms with van der Waals surface area (Å²) >= 11 is 0. The van der Waals surface area contributed by atoms with Gasteiger partial charge in [-0.15, -0.1) is 0 Å². The average molecular weight is 300 g/mol. The Morgan fingerprint density at radius 2 is 0.955 bits per heavy atom. The van der Waals surface area contributed by atoms with Crippen molar-refractivity contribution in [3.63, 3.8) is 0 Å². The van der Waals surface area contributed by atoms with E-state index < -0.39 is 11.9 Å². The molecule has 22 heavy (non-hydrogen) atoms. The molecule has 2 N–H and O–H groups in total. The number of carbonyl (C=O) groups is 2. The minimum absolute atomic E-state index is 0.558. The molecule has 0 aliphatic rings. The van der Waals surface area contributed by atoms with E-state index in [4.69, 9.17) is 10.2 Å². The minimum Gasteiger partial charge on any atom is -0.478 e. The molecule has 116 valence electrons. The number of hydrogen-bond acceptors (Lipinski definition) is 2. The Morgan fingerprint density at radius 3 is 1.09 bits per heavy atom. The molecule has 0 saturated carbocycles. The van der Waals surface area contributed by atoms with Gasteiger partial charge in [-0.25, -0.2) is 9.59 Å². The van der Waals surface area contributed by atoms with E-state index in [1.54, 1.807) is 0 Å². The first kappa shape index (κ1) is 19.1. The van der Waals surface area contributed by atoms with E-state index >= 15 is 0 Å². The van der Waals surface area contributed by atoms with Crippen LogP contribution in [-0.2, 0) is 9.59 Å². The third kappa shape index (κ3) is 13.5. The van der Waals surface area contributed by atoms with Crippen LogP contribution in [0.5, 0.6) is 0 Å². The molecule has 4 heteroatoms. The van der Waals surface area contributed by atoms with Crippen molar-refractivity contribution < 1.29 is 19.8 Å². The van der Waals surface area contributed by atoms with Gasteiger partial charge in [-0.1, -0.05) is 71.8 Å². The molecule has 2 aromatic rings. The summed E-state index contributed by atoms with van der Waals surface area (Å²) in [5.41, 5.74) is 2.64. The van der Waals surface area contributed by atoms with E-state index in [0.717, 1.165) is 0 Å². The molecule has 0 fully saturated rings. The SMILES string of the molecule is Cc1ccccc1.Cc1ccccc1.O=C(O)/C=C\C(=O)O. The summed E-state index contributed by atoms with van der Waals surface area (Å²) in [6.07, 6.45) is 1.12. The van der Waals surface area contributed by atoms with Crippen LogP contribution in [0.15, 0.2) is 72.8 Å². The van der Waals surface area contributed by atoms with Crippen molar-refractivity contribution in [2.75, 3.05) is 0 Å². The number of hydrogen-bond donors (Lipinski definition) is 2. The van der Waals surface area contributed by atoms with Crippen LogP contribution in [-0.4, -0.2) is 22.2 Å². The Bertz CT molecular complexity index is 521. The smallest absolute Gasteiger partial charge is 0.328 e. The summed E-state index contributed by atoms with van der Waals surface area (Å²) < 4.78 is 0. The van der Waals surface area contributed by atoms with E-state index in [-0.39, 0.29) is 0 Å². The molecule has 0 radical (unpaired) electrons. The Morgan fingerprint density at radius 1 is 0.682 bits per heavy atom. The van der Waals surface area contributed by atoms with Gasteiger partial charge in [-0.3, -0.25) is 0 Å². The molecule has 0 unspecified atom stereocenters. The quantitative estimate of drug-likeness (QED) is 0.829. The van der Waals surface area contributed by atoms with Gasteiger partial charge in [0.1, 0.15) is 0 Å². The molecule has 2 aromatic carbocycles. The lowest BCUT2D eigenvalue weighted by Gasteiger charge is -1.82. The van der Waals surface area contributed by atoms with Gasteiger partial charge in [-0.05, 0) is 13.8 Å². The maximum atomic E-state index is 9.55. The standard InChI is InChI=1S/2C7H8.C4H4O4/c2*1-7-5-3-2-4-6-7;5-3(6)1-2-4(7)8/h2*2-6H,1H3;1-2H,(H,5,6)(H,7,8)/b;;2-1-. The van der Waals surface area contributed by atoms with Crippen molar-refractivity contribution >= 4 is 11.9 Å². The number of aryl methyl sites for hydroxylation is 2. The molecule has 0 aromatic heterocycles. The van der Waals surface area contributed by atoms with Crippen molar-refractivity contribution in [1.82, 2.24) is 0 Å². The largest absolute Gasteiger partial charge is 0.478 e. The maximum Gasteiger partial charge on any atom is 0.328 e. The first-order valence-corrected chi connectivity index (χ1v) is 6.59. The van der Waals surface area contributed by atoms with Crippen LogP contribution in [0.25, 0.3) is 0 Å². The molecule has 0 aliphatic heterocycles. The molecule has 0 aliphatic carbocycles. The van der Waals surface area contributed by atoms with Gasteiger partial charge in [0.05, 0.1) is 0 Å². The van der Waals surface area contributed by atoms with Crippen molar-refractivity contribution in [2.24, 2.45) is 0 Å². The average Bonchev–Trinajstić information content (AvgIpc) is 2.48. The normalized spacial score (nSPS) is 9.00. The van der Waals surface area contributed by atoms with Gasteiger partial charge in [0, 0.05) is 12.2 Å². The summed E-state index contributed by atoms with van der Waals surface area (Å²) in [5.74, 6) is -2.51. The Hall–Kier alpha value is -2.88. The van der Waals surface area contributed by atoms with Gasteiger partial charge in [0.2, 0.25) is 0 Å². The van der Waals surface area contributed by atoms with Gasteiger partial charge < -0.3 is 10.2 Å². The van der Waals surface area contributed by atoms with E-state index in [1.165, 1.54) is 11.1 Å². The summed E-state index contributed by atoms with van der Waals surface area (Å²) in [4.78, 5) is 19.1. The van der Waals surface area contributed by atoms with Crippen molar-refractivity contribution in [2.45, 2.75) is 13.8 Å². The highest BCUT2D eigenvalue weighted by atomic mass is 16.4. The molecule has 2 rings (SSSR count). The number of rotatable bonds is 2. The highest BCUT2D eigenvalue weighted by molar-refractivity contribution is 5.89. The second-order valence-corrected chi connectivity index (χ2v) is 4.32. The minimum atomic E-state index is -1.26. The fourth-order valence-electron chi connectivity index (χ4n) is 1.21. The maximum absolute atomic E-state index is 9.55. The molecule has 0 heterocycles. The third-order valence-electron chi connectivity index (χ3n) is 2.25. The van der Waals surface area contributed by atoms with Crippen LogP contribution < -0.4 is 0 Å². The fraction of sp³-hybridized carbons (Fsp3) is 0.111. The second kappa shape index (κ2) is 11.9. The number of benzene rings is 2. The fourth-order valence-corrected chi connectivity index (χ4v) is 1.21. The van der Waals surface area contributed by atoms with Gasteiger partial charge in [0.15, 0.2) is 0 Å². The Kier molecular flexibility index (Phi) is 10.3. The molecule has 0 amide bonds. The molecular weight excluding hydrogens is 280 g/mol. The zero-order valence-corrected chi connectivity index (χ0v) is 12.6. The van der Waals surface area contributed by atoms with Crippen LogP contribution in [0, 0.1) is 13.8 Å². The zero-order valence-electron chi connectivity index (χ0n) is 12.6. The lowest BCUT2D eigenvalue weighted by Crippen LogP contribution is -1.91. The lowest BCUT2D eigenvalue weighted by molar-refractivity contribution is -0.134. The van der Waals surface area contributed by atoms with Crippen LogP contribution in [0.4, 0.5) is 0 Å². The predicted molar refractivity (Wildman–Crippen MR) is 86.8 cm³/mol. The van der Waals surface area contributed by atoms with E-state index in [2.05, 4.69) is 38.1 Å². The summed E-state index contributed by atoms with van der Waals surface area (Å²) in [5, 5.41) is 15.6. The van der Waals surface area contributed by atoms with Crippen LogP contribution in [0.3, 0.4) is 0 Å². The summed E-state index contributed by atoms with van der Waals surface area (Å²) in [6, 6.07) is 20.5. The van der Waals surface area contributed by atoms with Crippen molar-refractivity contribution in [3.05, 3.63) is 83.9 Å². The van der Waals surface area contributed by atoms with Crippen molar-refractivity contribution in [3.8, 4) is 0 Å². The molecule has 0 bridgehead atoms. The monoisotopic (exact) mass is 300 g/mol. The first-order valence-electron chi connectivity index (χ1n) is 6.59. The van der Waals surface area contributed by atoms with E-state index in [1.807, 2.05) is 36.4 Å². The van der Waals surface area contributed by atoms with Gasteiger partial charge >= 0.3 is 11.9 Å². The number of carboxylic acids is 2. The van der Waals surface area contributed by atoms with Crippen LogP contribution in [0.1, 0.15) is 11.1 Å². The first-order chi connectivity index (χ1) is 10.4.